The first-order chi connectivity index (χ1) is 9.13. The number of aryl methyl sites for hydroxylation is 1. The molecule has 3 rings (SSSR count). The molecule has 0 atom stereocenters. The van der Waals surface area contributed by atoms with Crippen molar-refractivity contribution < 1.29 is 9.21 Å². The fourth-order valence-electron chi connectivity index (χ4n) is 1.71. The third-order valence-electron chi connectivity index (χ3n) is 2.63. The third kappa shape index (κ3) is 2.34. The Morgan fingerprint density at radius 2 is 2.26 bits per heavy atom. The highest BCUT2D eigenvalue weighted by atomic mass is 35.5. The zero-order valence-electron chi connectivity index (χ0n) is 9.94. The van der Waals surface area contributed by atoms with Crippen LogP contribution in [0.2, 0.25) is 5.22 Å². The first kappa shape index (κ1) is 12.2. The van der Waals surface area contributed by atoms with Crippen molar-refractivity contribution in [2.75, 3.05) is 5.32 Å². The van der Waals surface area contributed by atoms with Gasteiger partial charge in [0.05, 0.1) is 22.0 Å². The molecule has 3 aromatic rings. The van der Waals surface area contributed by atoms with E-state index in [-0.39, 0.29) is 11.1 Å². The Labute approximate surface area is 118 Å². The third-order valence-corrected chi connectivity index (χ3v) is 3.85. The van der Waals surface area contributed by atoms with E-state index in [1.165, 1.54) is 23.7 Å². The predicted molar refractivity (Wildman–Crippen MR) is 76.0 cm³/mol. The van der Waals surface area contributed by atoms with E-state index in [0.717, 1.165) is 15.8 Å². The summed E-state index contributed by atoms with van der Waals surface area (Å²) >= 11 is 7.18. The molecule has 19 heavy (non-hydrogen) atoms. The molecule has 4 nitrogen and oxygen atoms in total. The second kappa shape index (κ2) is 4.68. The molecule has 0 aliphatic heterocycles. The average molecular weight is 293 g/mol. The topological polar surface area (TPSA) is 55.1 Å². The van der Waals surface area contributed by atoms with Gasteiger partial charge in [0.15, 0.2) is 5.13 Å². The lowest BCUT2D eigenvalue weighted by molar-refractivity contribution is 0.102. The predicted octanol–water partition coefficient (Wildman–Crippen LogP) is 4.10. The normalized spacial score (nSPS) is 10.8. The van der Waals surface area contributed by atoms with Gasteiger partial charge in [0.25, 0.3) is 5.91 Å². The van der Waals surface area contributed by atoms with Gasteiger partial charge in [-0.25, -0.2) is 4.98 Å². The molecule has 1 N–H and O–H groups in total. The van der Waals surface area contributed by atoms with Gasteiger partial charge in [-0.15, -0.1) is 0 Å². The average Bonchev–Trinajstić information content (AvgIpc) is 2.94. The van der Waals surface area contributed by atoms with Crippen LogP contribution in [0.1, 0.15) is 15.9 Å². The number of aromatic nitrogens is 1. The highest BCUT2D eigenvalue weighted by Gasteiger charge is 2.15. The summed E-state index contributed by atoms with van der Waals surface area (Å²) in [4.78, 5) is 16.3. The number of rotatable bonds is 2. The van der Waals surface area contributed by atoms with E-state index in [2.05, 4.69) is 10.3 Å². The van der Waals surface area contributed by atoms with Crippen molar-refractivity contribution in [3.8, 4) is 0 Å². The zero-order chi connectivity index (χ0) is 13.4. The number of carbonyl (C=O) groups excluding carboxylic acids is 1. The molecule has 0 unspecified atom stereocenters. The summed E-state index contributed by atoms with van der Waals surface area (Å²) in [6.45, 7) is 2.02. The fourth-order valence-corrected chi connectivity index (χ4v) is 2.86. The Morgan fingerprint density at radius 1 is 1.42 bits per heavy atom. The van der Waals surface area contributed by atoms with E-state index >= 15 is 0 Å². The minimum atomic E-state index is -0.325. The lowest BCUT2D eigenvalue weighted by Crippen LogP contribution is -2.10. The van der Waals surface area contributed by atoms with Crippen LogP contribution >= 0.6 is 22.9 Å². The van der Waals surface area contributed by atoms with Crippen LogP contribution in [0, 0.1) is 6.92 Å². The van der Waals surface area contributed by atoms with Gasteiger partial charge < -0.3 is 4.42 Å². The minimum Gasteiger partial charge on any atom is -0.452 e. The molecule has 6 heteroatoms. The van der Waals surface area contributed by atoms with Crippen molar-refractivity contribution in [3.05, 3.63) is 46.9 Å². The number of nitrogens with one attached hydrogen (secondary N) is 1. The smallest absolute Gasteiger partial charge is 0.262 e. The maximum absolute atomic E-state index is 12.0. The number of hydrogen-bond acceptors (Lipinski definition) is 4. The molecular weight excluding hydrogens is 284 g/mol. The maximum Gasteiger partial charge on any atom is 0.262 e. The molecule has 0 aliphatic carbocycles. The second-order valence-electron chi connectivity index (χ2n) is 4.05. The summed E-state index contributed by atoms with van der Waals surface area (Å²) in [5.41, 5.74) is 2.33. The Morgan fingerprint density at radius 3 is 3.00 bits per heavy atom. The number of amides is 1. The highest BCUT2D eigenvalue weighted by molar-refractivity contribution is 7.22. The molecular formula is C13H9ClN2O2S. The van der Waals surface area contributed by atoms with Crippen LogP contribution in [-0.4, -0.2) is 10.9 Å². The molecule has 0 bridgehead atoms. The molecule has 0 radical (unpaired) electrons. The SMILES string of the molecule is Cc1ccc2nc(NC(=O)c3ccoc3Cl)sc2c1. The van der Waals surface area contributed by atoms with Gasteiger partial charge in [0, 0.05) is 0 Å². The molecule has 1 amide bonds. The number of benzene rings is 1. The van der Waals surface area contributed by atoms with Gasteiger partial charge in [-0.1, -0.05) is 17.4 Å². The van der Waals surface area contributed by atoms with Crippen LogP contribution in [0.3, 0.4) is 0 Å². The van der Waals surface area contributed by atoms with E-state index in [9.17, 15) is 4.79 Å². The van der Waals surface area contributed by atoms with Crippen LogP contribution in [0.15, 0.2) is 34.9 Å². The van der Waals surface area contributed by atoms with Crippen LogP contribution in [0.25, 0.3) is 10.2 Å². The van der Waals surface area contributed by atoms with E-state index < -0.39 is 0 Å². The number of anilines is 1. The van der Waals surface area contributed by atoms with Crippen molar-refractivity contribution in [1.82, 2.24) is 4.98 Å². The van der Waals surface area contributed by atoms with Gasteiger partial charge >= 0.3 is 0 Å². The van der Waals surface area contributed by atoms with E-state index in [1.807, 2.05) is 25.1 Å². The first-order valence-corrected chi connectivity index (χ1v) is 6.74. The molecule has 0 saturated heterocycles. The molecule has 1 aromatic carbocycles. The van der Waals surface area contributed by atoms with Crippen LogP contribution < -0.4 is 5.32 Å². The van der Waals surface area contributed by atoms with Crippen molar-refractivity contribution in [2.45, 2.75) is 6.92 Å². The quantitative estimate of drug-likeness (QED) is 0.773. The molecule has 0 aliphatic rings. The summed E-state index contributed by atoms with van der Waals surface area (Å²) in [6.07, 6.45) is 1.37. The van der Waals surface area contributed by atoms with Crippen LogP contribution in [0.5, 0.6) is 0 Å². The van der Waals surface area contributed by atoms with Gasteiger partial charge in [-0.2, -0.15) is 0 Å². The number of nitrogens with zero attached hydrogens (tertiary/aromatic N) is 1. The van der Waals surface area contributed by atoms with Gasteiger partial charge in [-0.05, 0) is 42.3 Å². The molecule has 2 aromatic heterocycles. The summed E-state index contributed by atoms with van der Waals surface area (Å²) in [6, 6.07) is 7.48. The van der Waals surface area contributed by atoms with Gasteiger partial charge in [0.2, 0.25) is 5.22 Å². The van der Waals surface area contributed by atoms with Gasteiger partial charge in [0.1, 0.15) is 0 Å². The van der Waals surface area contributed by atoms with Crippen molar-refractivity contribution in [2.24, 2.45) is 0 Å². The zero-order valence-corrected chi connectivity index (χ0v) is 11.5. The van der Waals surface area contributed by atoms with Crippen molar-refractivity contribution in [3.63, 3.8) is 0 Å². The van der Waals surface area contributed by atoms with Crippen LogP contribution in [-0.2, 0) is 0 Å². The number of thiazole rings is 1. The Hall–Kier alpha value is -1.85. The summed E-state index contributed by atoms with van der Waals surface area (Å²) < 4.78 is 5.92. The van der Waals surface area contributed by atoms with Crippen molar-refractivity contribution in [1.29, 1.82) is 0 Å². The number of fused-ring (bicyclic) bond motifs is 1. The molecule has 0 fully saturated rings. The lowest BCUT2D eigenvalue weighted by Gasteiger charge is -1.97. The fraction of sp³-hybridized carbons (Fsp3) is 0.0769. The van der Waals surface area contributed by atoms with Gasteiger partial charge in [-0.3, -0.25) is 10.1 Å². The number of carbonyl (C=O) groups is 1. The highest BCUT2D eigenvalue weighted by Crippen LogP contribution is 2.27. The van der Waals surface area contributed by atoms with E-state index in [4.69, 9.17) is 16.0 Å². The maximum atomic E-state index is 12.0. The van der Waals surface area contributed by atoms with Crippen LogP contribution in [0.4, 0.5) is 5.13 Å². The Kier molecular flexibility index (Phi) is 3.00. The Bertz CT molecular complexity index is 763. The van der Waals surface area contributed by atoms with Crippen molar-refractivity contribution >= 4 is 44.2 Å². The standard InChI is InChI=1S/C13H9ClN2O2S/c1-7-2-3-9-10(6-7)19-13(15-9)16-12(17)8-4-5-18-11(8)14/h2-6H,1H3,(H,15,16,17). The van der Waals surface area contributed by atoms with E-state index in [0.29, 0.717) is 10.7 Å². The molecule has 0 spiro atoms. The largest absolute Gasteiger partial charge is 0.452 e. The number of furan rings is 1. The summed E-state index contributed by atoms with van der Waals surface area (Å²) in [5, 5.41) is 3.34. The number of halogens is 1. The summed E-state index contributed by atoms with van der Waals surface area (Å²) in [7, 11) is 0. The molecule has 96 valence electrons. The second-order valence-corrected chi connectivity index (χ2v) is 5.43. The minimum absolute atomic E-state index is 0.0782. The Balaban J connectivity index is 1.89. The molecule has 0 saturated carbocycles. The first-order valence-electron chi connectivity index (χ1n) is 5.55. The molecule has 2 heterocycles. The van der Waals surface area contributed by atoms with E-state index in [1.54, 1.807) is 0 Å². The lowest BCUT2D eigenvalue weighted by atomic mass is 10.2. The summed E-state index contributed by atoms with van der Waals surface area (Å²) in [5.74, 6) is -0.325. The number of hydrogen-bond donors (Lipinski definition) is 1. The monoisotopic (exact) mass is 292 g/mol.